The fourth-order valence-electron chi connectivity index (χ4n) is 2.06. The molecule has 0 bridgehead atoms. The van der Waals surface area contributed by atoms with Crippen molar-refractivity contribution >= 4 is 5.91 Å². The van der Waals surface area contributed by atoms with Gasteiger partial charge in [-0.15, -0.1) is 0 Å². The van der Waals surface area contributed by atoms with Crippen LogP contribution in [-0.4, -0.2) is 48.3 Å². The highest BCUT2D eigenvalue weighted by atomic mass is 16.5. The lowest BCUT2D eigenvalue weighted by Gasteiger charge is -2.22. The average Bonchev–Trinajstić information content (AvgIpc) is 2.49. The van der Waals surface area contributed by atoms with Crippen LogP contribution in [0, 0.1) is 0 Å². The first-order chi connectivity index (χ1) is 9.84. The molecule has 6 heteroatoms. The van der Waals surface area contributed by atoms with E-state index in [0.29, 0.717) is 19.6 Å². The van der Waals surface area contributed by atoms with Gasteiger partial charge in [-0.2, -0.15) is 0 Å². The van der Waals surface area contributed by atoms with E-state index in [4.69, 9.17) is 9.47 Å². The van der Waals surface area contributed by atoms with Crippen LogP contribution < -0.4 is 5.32 Å². The molecule has 1 atom stereocenters. The Bertz CT molecular complexity index is 394. The zero-order valence-corrected chi connectivity index (χ0v) is 11.6. The zero-order valence-electron chi connectivity index (χ0n) is 11.6. The zero-order chi connectivity index (χ0) is 14.0. The summed E-state index contributed by atoms with van der Waals surface area (Å²) in [6, 6.07) is 0. The maximum Gasteiger partial charge on any atom is 0.246 e. The molecule has 0 aromatic carbocycles. The number of hydrogen-bond acceptors (Lipinski definition) is 5. The lowest BCUT2D eigenvalue weighted by atomic mass is 10.1. The largest absolute Gasteiger partial charge is 0.376 e. The number of carbonyl (C=O) groups excluding carboxylic acids is 1. The minimum Gasteiger partial charge on any atom is -0.376 e. The summed E-state index contributed by atoms with van der Waals surface area (Å²) in [4.78, 5) is 19.7. The highest BCUT2D eigenvalue weighted by Gasteiger charge is 2.14. The van der Waals surface area contributed by atoms with Crippen molar-refractivity contribution in [3.63, 3.8) is 0 Å². The number of carbonyl (C=O) groups is 1. The van der Waals surface area contributed by atoms with Crippen LogP contribution >= 0.6 is 0 Å². The standard InChI is InChI=1S/C14H21N3O3/c18-14(11-19-10-13-3-1-2-8-20-13)17-5-4-12-9-15-6-7-16-12/h6-7,9,13H,1-5,8,10-11H2,(H,17,18)/t13-/m0/s1. The fraction of sp³-hybridized carbons (Fsp3) is 0.643. The summed E-state index contributed by atoms with van der Waals surface area (Å²) in [6.45, 7) is 1.93. The van der Waals surface area contributed by atoms with Gasteiger partial charge in [-0.25, -0.2) is 0 Å². The molecule has 0 spiro atoms. The number of hydrogen-bond donors (Lipinski definition) is 1. The third kappa shape index (κ3) is 5.63. The molecule has 1 aliphatic heterocycles. The lowest BCUT2D eigenvalue weighted by Crippen LogP contribution is -2.32. The number of nitrogens with zero attached hydrogens (tertiary/aromatic N) is 2. The lowest BCUT2D eigenvalue weighted by molar-refractivity contribution is -0.127. The molecule has 1 fully saturated rings. The maximum absolute atomic E-state index is 11.6. The summed E-state index contributed by atoms with van der Waals surface area (Å²) in [5.74, 6) is -0.107. The molecule has 0 unspecified atom stereocenters. The molecule has 2 rings (SSSR count). The Morgan fingerprint density at radius 2 is 2.40 bits per heavy atom. The second-order valence-electron chi connectivity index (χ2n) is 4.80. The summed E-state index contributed by atoms with van der Waals surface area (Å²) >= 11 is 0. The smallest absolute Gasteiger partial charge is 0.246 e. The number of ether oxygens (including phenoxy) is 2. The van der Waals surface area contributed by atoms with Crippen molar-refractivity contribution in [1.29, 1.82) is 0 Å². The predicted octanol–water partition coefficient (Wildman–Crippen LogP) is 0.721. The van der Waals surface area contributed by atoms with E-state index < -0.39 is 0 Å². The van der Waals surface area contributed by atoms with Crippen LogP contribution in [0.25, 0.3) is 0 Å². The maximum atomic E-state index is 11.6. The second kappa shape index (κ2) is 8.60. The van der Waals surface area contributed by atoms with Crippen molar-refractivity contribution < 1.29 is 14.3 Å². The molecule has 1 aromatic heterocycles. The van der Waals surface area contributed by atoms with Gasteiger partial charge in [-0.1, -0.05) is 0 Å². The quantitative estimate of drug-likeness (QED) is 0.796. The molecule has 2 heterocycles. The normalized spacial score (nSPS) is 18.7. The first-order valence-electron chi connectivity index (χ1n) is 7.05. The van der Waals surface area contributed by atoms with Gasteiger partial charge in [-0.3, -0.25) is 14.8 Å². The van der Waals surface area contributed by atoms with Crippen molar-refractivity contribution in [3.8, 4) is 0 Å². The summed E-state index contributed by atoms with van der Waals surface area (Å²) in [6.07, 6.45) is 9.12. The highest BCUT2D eigenvalue weighted by Crippen LogP contribution is 2.12. The highest BCUT2D eigenvalue weighted by molar-refractivity contribution is 5.77. The van der Waals surface area contributed by atoms with E-state index in [-0.39, 0.29) is 18.6 Å². The monoisotopic (exact) mass is 279 g/mol. The van der Waals surface area contributed by atoms with Gasteiger partial charge in [0.25, 0.3) is 0 Å². The van der Waals surface area contributed by atoms with E-state index in [2.05, 4.69) is 15.3 Å². The molecule has 0 saturated carbocycles. The van der Waals surface area contributed by atoms with Crippen molar-refractivity contribution in [2.45, 2.75) is 31.8 Å². The Balaban J connectivity index is 1.52. The van der Waals surface area contributed by atoms with Crippen LogP contribution in [0.5, 0.6) is 0 Å². The number of rotatable bonds is 7. The molecule has 110 valence electrons. The summed E-state index contributed by atoms with van der Waals surface area (Å²) in [7, 11) is 0. The van der Waals surface area contributed by atoms with E-state index in [9.17, 15) is 4.79 Å². The van der Waals surface area contributed by atoms with Crippen LogP contribution in [0.1, 0.15) is 25.0 Å². The molecule has 0 aliphatic carbocycles. The summed E-state index contributed by atoms with van der Waals surface area (Å²) < 4.78 is 10.9. The van der Waals surface area contributed by atoms with E-state index in [1.165, 1.54) is 6.42 Å². The van der Waals surface area contributed by atoms with Gasteiger partial charge >= 0.3 is 0 Å². The van der Waals surface area contributed by atoms with Crippen LogP contribution in [0.15, 0.2) is 18.6 Å². The van der Waals surface area contributed by atoms with E-state index in [1.54, 1.807) is 18.6 Å². The molecule has 1 aromatic rings. The van der Waals surface area contributed by atoms with Crippen LogP contribution in [0.2, 0.25) is 0 Å². The Hall–Kier alpha value is -1.53. The van der Waals surface area contributed by atoms with E-state index >= 15 is 0 Å². The van der Waals surface area contributed by atoms with Gasteiger partial charge in [-0.05, 0) is 19.3 Å². The third-order valence-electron chi connectivity index (χ3n) is 3.13. The molecular weight excluding hydrogens is 258 g/mol. The molecule has 1 aliphatic rings. The summed E-state index contributed by atoms with van der Waals surface area (Å²) in [5.41, 5.74) is 0.865. The average molecular weight is 279 g/mol. The van der Waals surface area contributed by atoms with Crippen LogP contribution in [0.4, 0.5) is 0 Å². The van der Waals surface area contributed by atoms with E-state index in [0.717, 1.165) is 25.1 Å². The molecule has 20 heavy (non-hydrogen) atoms. The van der Waals surface area contributed by atoms with Gasteiger partial charge in [0.15, 0.2) is 0 Å². The van der Waals surface area contributed by atoms with Gasteiger partial charge < -0.3 is 14.8 Å². The van der Waals surface area contributed by atoms with Gasteiger partial charge in [0.1, 0.15) is 6.61 Å². The molecule has 6 nitrogen and oxygen atoms in total. The molecule has 1 amide bonds. The molecular formula is C14H21N3O3. The SMILES string of the molecule is O=C(COC[C@@H]1CCCCO1)NCCc1cnccn1. The van der Waals surface area contributed by atoms with Gasteiger partial charge in [0.05, 0.1) is 18.4 Å². The van der Waals surface area contributed by atoms with Crippen molar-refractivity contribution in [2.75, 3.05) is 26.4 Å². The third-order valence-corrected chi connectivity index (χ3v) is 3.13. The van der Waals surface area contributed by atoms with Crippen molar-refractivity contribution in [2.24, 2.45) is 0 Å². The minimum absolute atomic E-state index is 0.0837. The Labute approximate surface area is 118 Å². The molecule has 0 radical (unpaired) electrons. The Kier molecular flexibility index (Phi) is 6.40. The number of amides is 1. The Morgan fingerprint density at radius 1 is 1.45 bits per heavy atom. The van der Waals surface area contributed by atoms with Gasteiger partial charge in [0, 0.05) is 38.2 Å². The fourth-order valence-corrected chi connectivity index (χ4v) is 2.06. The number of nitrogens with one attached hydrogen (secondary N) is 1. The number of aromatic nitrogens is 2. The van der Waals surface area contributed by atoms with Crippen LogP contribution in [0.3, 0.4) is 0 Å². The first-order valence-corrected chi connectivity index (χ1v) is 7.05. The Morgan fingerprint density at radius 3 is 3.15 bits per heavy atom. The molecule has 1 N–H and O–H groups in total. The van der Waals surface area contributed by atoms with Gasteiger partial charge in [0.2, 0.25) is 5.91 Å². The van der Waals surface area contributed by atoms with Crippen LogP contribution in [-0.2, 0) is 20.7 Å². The molecule has 1 saturated heterocycles. The van der Waals surface area contributed by atoms with Crippen molar-refractivity contribution in [1.82, 2.24) is 15.3 Å². The summed E-state index contributed by atoms with van der Waals surface area (Å²) in [5, 5.41) is 2.80. The first kappa shape index (κ1) is 14.9. The minimum atomic E-state index is -0.107. The topological polar surface area (TPSA) is 73.3 Å². The second-order valence-corrected chi connectivity index (χ2v) is 4.80. The van der Waals surface area contributed by atoms with Crippen molar-refractivity contribution in [3.05, 3.63) is 24.3 Å². The van der Waals surface area contributed by atoms with E-state index in [1.807, 2.05) is 0 Å². The predicted molar refractivity (Wildman–Crippen MR) is 73.2 cm³/mol.